The van der Waals surface area contributed by atoms with Crippen LogP contribution in [0.2, 0.25) is 5.02 Å². The summed E-state index contributed by atoms with van der Waals surface area (Å²) in [6, 6.07) is 5.21. The summed E-state index contributed by atoms with van der Waals surface area (Å²) in [5.41, 5.74) is 0.535. The van der Waals surface area contributed by atoms with Gasteiger partial charge in [-0.1, -0.05) is 33.6 Å². The highest BCUT2D eigenvalue weighted by Gasteiger charge is 2.35. The van der Waals surface area contributed by atoms with E-state index in [-0.39, 0.29) is 5.82 Å². The van der Waals surface area contributed by atoms with Gasteiger partial charge in [0.05, 0.1) is 5.02 Å². The third-order valence-electron chi connectivity index (χ3n) is 2.84. The Kier molecular flexibility index (Phi) is 4.44. The summed E-state index contributed by atoms with van der Waals surface area (Å²) in [5, 5.41) is 1.01. The molecule has 0 aliphatic rings. The zero-order valence-corrected chi connectivity index (χ0v) is 12.8. The fourth-order valence-corrected chi connectivity index (χ4v) is 2.47. The van der Waals surface area contributed by atoms with Gasteiger partial charge in [0.2, 0.25) is 0 Å². The number of imidazole rings is 1. The number of aromatic nitrogens is 2. The molecule has 0 fully saturated rings. The highest BCUT2D eigenvalue weighted by atomic mass is 79.9. The minimum absolute atomic E-state index is 0.228. The Morgan fingerprint density at radius 1 is 1.35 bits per heavy atom. The van der Waals surface area contributed by atoms with Gasteiger partial charge in [-0.15, -0.1) is 0 Å². The quantitative estimate of drug-likeness (QED) is 0.687. The topological polar surface area (TPSA) is 17.8 Å². The number of rotatable bonds is 3. The molecule has 0 N–H and O–H groups in total. The van der Waals surface area contributed by atoms with E-state index in [9.17, 15) is 13.2 Å². The van der Waals surface area contributed by atoms with Crippen LogP contribution in [0.1, 0.15) is 18.2 Å². The Hall–Kier alpha value is -1.01. The molecule has 1 heterocycles. The zero-order valence-electron chi connectivity index (χ0n) is 10.5. The first kappa shape index (κ1) is 15.4. The van der Waals surface area contributed by atoms with Crippen molar-refractivity contribution in [2.75, 3.05) is 0 Å². The third kappa shape index (κ3) is 3.01. The fraction of sp³-hybridized carbons (Fsp3) is 0.308. The Labute approximate surface area is 127 Å². The summed E-state index contributed by atoms with van der Waals surface area (Å²) in [7, 11) is 0. The van der Waals surface area contributed by atoms with Crippen molar-refractivity contribution >= 4 is 27.5 Å². The second-order valence-corrected chi connectivity index (χ2v) is 5.15. The molecule has 1 aromatic carbocycles. The van der Waals surface area contributed by atoms with Crippen LogP contribution in [0.25, 0.3) is 11.4 Å². The first-order chi connectivity index (χ1) is 9.36. The van der Waals surface area contributed by atoms with Crippen molar-refractivity contribution in [3.05, 3.63) is 40.7 Å². The molecule has 0 amide bonds. The number of benzene rings is 1. The molecule has 0 aliphatic carbocycles. The van der Waals surface area contributed by atoms with Gasteiger partial charge in [0, 0.05) is 23.6 Å². The molecule has 0 aliphatic heterocycles. The van der Waals surface area contributed by atoms with Crippen LogP contribution >= 0.6 is 27.5 Å². The number of nitrogens with zero attached hydrogens (tertiary/aromatic N) is 2. The van der Waals surface area contributed by atoms with Crippen molar-refractivity contribution in [2.45, 2.75) is 25.0 Å². The maximum Gasteiger partial charge on any atom is 0.434 e. The lowest BCUT2D eigenvalue weighted by atomic mass is 10.1. The molecule has 2 nitrogen and oxygen atoms in total. The van der Waals surface area contributed by atoms with E-state index in [1.54, 1.807) is 25.1 Å². The highest BCUT2D eigenvalue weighted by molar-refractivity contribution is 9.08. The molecule has 0 saturated carbocycles. The van der Waals surface area contributed by atoms with Gasteiger partial charge in [0.1, 0.15) is 5.82 Å². The van der Waals surface area contributed by atoms with Crippen LogP contribution in [0.3, 0.4) is 0 Å². The summed E-state index contributed by atoms with van der Waals surface area (Å²) in [6.07, 6.45) is -3.46. The van der Waals surface area contributed by atoms with Crippen molar-refractivity contribution in [3.8, 4) is 11.4 Å². The van der Waals surface area contributed by atoms with E-state index in [1.165, 1.54) is 4.57 Å². The van der Waals surface area contributed by atoms with Crippen LogP contribution in [0.5, 0.6) is 0 Å². The summed E-state index contributed by atoms with van der Waals surface area (Å²) >= 11 is 9.44. The van der Waals surface area contributed by atoms with Gasteiger partial charge in [-0.3, -0.25) is 0 Å². The monoisotopic (exact) mass is 366 g/mol. The lowest BCUT2D eigenvalue weighted by Gasteiger charge is -2.07. The average Bonchev–Trinajstić information content (AvgIpc) is 2.82. The molecule has 0 spiro atoms. The SMILES string of the molecule is CCn1cc(C(F)(F)F)nc1-c1ccc(CBr)cc1Cl. The molecule has 1 aromatic heterocycles. The number of alkyl halides is 4. The van der Waals surface area contributed by atoms with Gasteiger partial charge < -0.3 is 4.57 Å². The van der Waals surface area contributed by atoms with Crippen molar-refractivity contribution in [1.82, 2.24) is 9.55 Å². The average molecular weight is 368 g/mol. The molecule has 0 unspecified atom stereocenters. The molecule has 0 saturated heterocycles. The lowest BCUT2D eigenvalue weighted by Crippen LogP contribution is -2.05. The van der Waals surface area contributed by atoms with E-state index in [4.69, 9.17) is 11.6 Å². The van der Waals surface area contributed by atoms with Crippen molar-refractivity contribution in [1.29, 1.82) is 0 Å². The van der Waals surface area contributed by atoms with Crippen LogP contribution in [-0.4, -0.2) is 9.55 Å². The Balaban J connectivity index is 2.54. The smallest absolute Gasteiger partial charge is 0.331 e. The minimum atomic E-state index is -4.46. The van der Waals surface area contributed by atoms with E-state index in [1.807, 2.05) is 0 Å². The predicted molar refractivity (Wildman–Crippen MR) is 76.0 cm³/mol. The number of hydrogen-bond acceptors (Lipinski definition) is 1. The maximum absolute atomic E-state index is 12.7. The van der Waals surface area contributed by atoms with Crippen molar-refractivity contribution in [3.63, 3.8) is 0 Å². The summed E-state index contributed by atoms with van der Waals surface area (Å²) < 4.78 is 39.7. The van der Waals surface area contributed by atoms with E-state index >= 15 is 0 Å². The molecule has 7 heteroatoms. The maximum atomic E-state index is 12.7. The van der Waals surface area contributed by atoms with Crippen LogP contribution in [-0.2, 0) is 18.1 Å². The number of halogens is 5. The van der Waals surface area contributed by atoms with E-state index in [0.29, 0.717) is 22.5 Å². The summed E-state index contributed by atoms with van der Waals surface area (Å²) in [5.74, 6) is 0.228. The summed E-state index contributed by atoms with van der Waals surface area (Å²) in [6.45, 7) is 2.14. The van der Waals surface area contributed by atoms with Gasteiger partial charge in [0.15, 0.2) is 5.69 Å². The van der Waals surface area contributed by atoms with Crippen LogP contribution in [0.15, 0.2) is 24.4 Å². The minimum Gasteiger partial charge on any atom is -0.331 e. The van der Waals surface area contributed by atoms with Crippen LogP contribution in [0, 0.1) is 0 Å². The first-order valence-corrected chi connectivity index (χ1v) is 7.36. The van der Waals surface area contributed by atoms with Gasteiger partial charge in [-0.2, -0.15) is 13.2 Å². The third-order valence-corrected chi connectivity index (χ3v) is 3.80. The fourth-order valence-electron chi connectivity index (χ4n) is 1.83. The molecule has 2 rings (SSSR count). The molecule has 0 radical (unpaired) electrons. The van der Waals surface area contributed by atoms with E-state index in [0.717, 1.165) is 11.8 Å². The van der Waals surface area contributed by atoms with Crippen molar-refractivity contribution < 1.29 is 13.2 Å². The second-order valence-electron chi connectivity index (χ2n) is 4.18. The Bertz CT molecular complexity index is 623. The number of aryl methyl sites for hydroxylation is 1. The predicted octanol–water partition coefficient (Wildman–Crippen LogP) is 5.14. The standard InChI is InChI=1S/C13H11BrClF3N2/c1-2-20-7-11(13(16,17)18)19-12(20)9-4-3-8(6-14)5-10(9)15/h3-5,7H,2,6H2,1H3. The molecular weight excluding hydrogens is 357 g/mol. The Morgan fingerprint density at radius 3 is 2.55 bits per heavy atom. The van der Waals surface area contributed by atoms with Crippen LogP contribution < -0.4 is 0 Å². The van der Waals surface area contributed by atoms with Crippen LogP contribution in [0.4, 0.5) is 13.2 Å². The normalized spacial score (nSPS) is 11.9. The van der Waals surface area contributed by atoms with Gasteiger partial charge in [-0.25, -0.2) is 4.98 Å². The largest absolute Gasteiger partial charge is 0.434 e. The first-order valence-electron chi connectivity index (χ1n) is 5.86. The molecule has 2 aromatic rings. The highest BCUT2D eigenvalue weighted by Crippen LogP contribution is 2.33. The van der Waals surface area contributed by atoms with E-state index in [2.05, 4.69) is 20.9 Å². The van der Waals surface area contributed by atoms with Gasteiger partial charge in [0.25, 0.3) is 0 Å². The van der Waals surface area contributed by atoms with Crippen molar-refractivity contribution in [2.24, 2.45) is 0 Å². The van der Waals surface area contributed by atoms with E-state index < -0.39 is 11.9 Å². The summed E-state index contributed by atoms with van der Waals surface area (Å²) in [4.78, 5) is 3.68. The molecule has 0 bridgehead atoms. The molecule has 108 valence electrons. The van der Waals surface area contributed by atoms with Gasteiger partial charge in [-0.05, 0) is 24.6 Å². The number of hydrogen-bond donors (Lipinski definition) is 0. The second kappa shape index (κ2) is 5.77. The van der Waals surface area contributed by atoms with Gasteiger partial charge >= 0.3 is 6.18 Å². The Morgan fingerprint density at radius 2 is 2.05 bits per heavy atom. The molecule has 0 atom stereocenters. The lowest BCUT2D eigenvalue weighted by molar-refractivity contribution is -0.140. The zero-order chi connectivity index (χ0) is 14.9. The molecule has 20 heavy (non-hydrogen) atoms. The molecular formula is C13H11BrClF3N2.